The summed E-state index contributed by atoms with van der Waals surface area (Å²) in [6, 6.07) is 3.44. The van der Waals surface area contributed by atoms with Crippen LogP contribution in [0.25, 0.3) is 10.9 Å². The number of aromatic nitrogens is 1. The largest absolute Gasteiger partial charge is 0.369 e. The molecule has 0 bridgehead atoms. The minimum atomic E-state index is -0.482. The van der Waals surface area contributed by atoms with Crippen molar-refractivity contribution in [2.24, 2.45) is 5.73 Å². The van der Waals surface area contributed by atoms with E-state index in [1.807, 2.05) is 4.90 Å². The molecule has 1 aliphatic heterocycles. The predicted molar refractivity (Wildman–Crippen MR) is 98.6 cm³/mol. The highest BCUT2D eigenvalue weighted by atomic mass is 35.5. The number of nitrogens with one attached hydrogen (secondary N) is 1. The Morgan fingerprint density at radius 3 is 2.64 bits per heavy atom. The molecule has 1 fully saturated rings. The first-order valence-electron chi connectivity index (χ1n) is 8.34. The Morgan fingerprint density at radius 1 is 1.40 bits per heavy atom. The molecule has 1 aromatic carbocycles. The fourth-order valence-corrected chi connectivity index (χ4v) is 3.87. The summed E-state index contributed by atoms with van der Waals surface area (Å²) in [5.41, 5.74) is 7.78. The van der Waals surface area contributed by atoms with Gasteiger partial charge in [-0.15, -0.1) is 0 Å². The Hall–Kier alpha value is -1.92. The molecule has 2 heterocycles. The van der Waals surface area contributed by atoms with Crippen molar-refractivity contribution < 1.29 is 9.18 Å². The second-order valence-corrected chi connectivity index (χ2v) is 7.17. The van der Waals surface area contributed by atoms with Gasteiger partial charge in [-0.3, -0.25) is 4.79 Å². The summed E-state index contributed by atoms with van der Waals surface area (Å²) in [5, 5.41) is 4.37. The number of nitrogens with two attached hydrogens (primary N) is 1. The molecule has 134 valence electrons. The second-order valence-electron chi connectivity index (χ2n) is 6.81. The molecule has 0 radical (unpaired) electrons. The zero-order valence-electron chi connectivity index (χ0n) is 14.6. The molecule has 2 atom stereocenters. The van der Waals surface area contributed by atoms with E-state index in [1.54, 1.807) is 13.0 Å². The highest BCUT2D eigenvalue weighted by Gasteiger charge is 2.27. The quantitative estimate of drug-likeness (QED) is 0.821. The minimum absolute atomic E-state index is 0.00176. The number of anilines is 1. The Bertz CT molecular complexity index is 832. The number of nitrogens with zero attached hydrogens (tertiary/aromatic N) is 2. The fourth-order valence-electron chi connectivity index (χ4n) is 3.66. The Morgan fingerprint density at radius 2 is 2.04 bits per heavy atom. The average Bonchev–Trinajstić information content (AvgIpc) is 2.51. The van der Waals surface area contributed by atoms with Crippen molar-refractivity contribution in [1.82, 2.24) is 10.3 Å². The number of benzene rings is 1. The van der Waals surface area contributed by atoms with Gasteiger partial charge in [0.2, 0.25) is 5.91 Å². The van der Waals surface area contributed by atoms with Crippen molar-refractivity contribution in [3.63, 3.8) is 0 Å². The minimum Gasteiger partial charge on any atom is -0.369 e. The van der Waals surface area contributed by atoms with Crippen LogP contribution in [0, 0.1) is 12.7 Å². The van der Waals surface area contributed by atoms with E-state index in [4.69, 9.17) is 17.3 Å². The Balaban J connectivity index is 2.28. The van der Waals surface area contributed by atoms with Crippen LogP contribution < -0.4 is 16.0 Å². The lowest BCUT2D eigenvalue weighted by Gasteiger charge is -2.38. The van der Waals surface area contributed by atoms with E-state index in [1.165, 1.54) is 6.07 Å². The maximum Gasteiger partial charge on any atom is 0.221 e. The van der Waals surface area contributed by atoms with Crippen LogP contribution >= 0.6 is 11.6 Å². The van der Waals surface area contributed by atoms with Gasteiger partial charge < -0.3 is 16.0 Å². The number of amides is 1. The van der Waals surface area contributed by atoms with Crippen LogP contribution in [0.2, 0.25) is 5.15 Å². The van der Waals surface area contributed by atoms with E-state index >= 15 is 0 Å². The van der Waals surface area contributed by atoms with Gasteiger partial charge in [-0.1, -0.05) is 11.6 Å². The first-order chi connectivity index (χ1) is 11.8. The van der Waals surface area contributed by atoms with Crippen LogP contribution in [0.1, 0.15) is 25.0 Å². The molecular weight excluding hydrogens is 343 g/mol. The zero-order valence-corrected chi connectivity index (χ0v) is 15.3. The number of hydrogen-bond acceptors (Lipinski definition) is 4. The molecule has 2 aromatic rings. The molecule has 1 amide bonds. The van der Waals surface area contributed by atoms with Gasteiger partial charge in [-0.05, 0) is 44.0 Å². The monoisotopic (exact) mass is 364 g/mol. The van der Waals surface area contributed by atoms with Crippen LogP contribution in [0.3, 0.4) is 0 Å². The average molecular weight is 365 g/mol. The predicted octanol–water partition coefficient (Wildman–Crippen LogP) is 2.55. The van der Waals surface area contributed by atoms with Crippen LogP contribution in [-0.4, -0.2) is 36.1 Å². The van der Waals surface area contributed by atoms with Crippen molar-refractivity contribution in [2.45, 2.75) is 39.3 Å². The van der Waals surface area contributed by atoms with Crippen molar-refractivity contribution in [2.75, 3.05) is 18.0 Å². The van der Waals surface area contributed by atoms with Crippen molar-refractivity contribution in [1.29, 1.82) is 0 Å². The van der Waals surface area contributed by atoms with Gasteiger partial charge in [0.05, 0.1) is 17.6 Å². The second kappa shape index (κ2) is 6.77. The fraction of sp³-hybridized carbons (Fsp3) is 0.444. The molecule has 25 heavy (non-hydrogen) atoms. The summed E-state index contributed by atoms with van der Waals surface area (Å²) in [4.78, 5) is 18.0. The number of fused-ring (bicyclic) bond motifs is 1. The van der Waals surface area contributed by atoms with E-state index in [9.17, 15) is 9.18 Å². The highest BCUT2D eigenvalue weighted by Crippen LogP contribution is 2.36. The van der Waals surface area contributed by atoms with Crippen LogP contribution in [0.5, 0.6) is 0 Å². The molecule has 1 saturated heterocycles. The first-order valence-corrected chi connectivity index (χ1v) is 8.72. The standard InChI is InChI=1S/C18H22ClFN4O/c1-9-7-24(8-10(2)22-9)17-13(20)4-5-14-16(17)12(6-15(21)25)11(3)18(19)23-14/h4-5,9-10,22H,6-8H2,1-3H3,(H2,21,25)/t9-,10+. The number of pyridine rings is 1. The van der Waals surface area contributed by atoms with E-state index in [0.717, 1.165) is 0 Å². The maximum absolute atomic E-state index is 14.9. The number of piperazine rings is 1. The molecule has 0 spiro atoms. The lowest BCUT2D eigenvalue weighted by atomic mass is 9.98. The Labute approximate surface area is 151 Å². The summed E-state index contributed by atoms with van der Waals surface area (Å²) in [6.07, 6.45) is -0.00176. The molecule has 1 aromatic heterocycles. The van der Waals surface area contributed by atoms with Gasteiger partial charge in [0.1, 0.15) is 11.0 Å². The summed E-state index contributed by atoms with van der Waals surface area (Å²) in [6.45, 7) is 7.24. The number of hydrogen-bond donors (Lipinski definition) is 2. The SMILES string of the molecule is Cc1c(Cl)nc2ccc(F)c(N3C[C@@H](C)N[C@@H](C)C3)c2c1CC(N)=O. The van der Waals surface area contributed by atoms with Gasteiger partial charge in [-0.2, -0.15) is 0 Å². The van der Waals surface area contributed by atoms with Gasteiger partial charge >= 0.3 is 0 Å². The Kier molecular flexibility index (Phi) is 4.84. The third kappa shape index (κ3) is 3.41. The van der Waals surface area contributed by atoms with Gasteiger partial charge in [-0.25, -0.2) is 9.37 Å². The van der Waals surface area contributed by atoms with E-state index < -0.39 is 5.91 Å². The van der Waals surface area contributed by atoms with Gasteiger partial charge in [0.25, 0.3) is 0 Å². The maximum atomic E-state index is 14.9. The van der Waals surface area contributed by atoms with Crippen molar-refractivity contribution in [3.05, 3.63) is 34.2 Å². The summed E-state index contributed by atoms with van der Waals surface area (Å²) >= 11 is 6.22. The number of primary amides is 1. The molecule has 3 rings (SSSR count). The third-order valence-corrected chi connectivity index (χ3v) is 4.98. The highest BCUT2D eigenvalue weighted by molar-refractivity contribution is 6.31. The third-order valence-electron chi connectivity index (χ3n) is 4.61. The molecule has 7 heteroatoms. The molecule has 3 N–H and O–H groups in total. The lowest BCUT2D eigenvalue weighted by molar-refractivity contribution is -0.117. The van der Waals surface area contributed by atoms with Gasteiger partial charge in [0.15, 0.2) is 0 Å². The number of carbonyl (C=O) groups is 1. The molecule has 0 unspecified atom stereocenters. The summed E-state index contributed by atoms with van der Waals surface area (Å²) in [7, 11) is 0. The van der Waals surface area contributed by atoms with Crippen LogP contribution in [-0.2, 0) is 11.2 Å². The number of carbonyl (C=O) groups excluding carboxylic acids is 1. The molecule has 0 aliphatic carbocycles. The molecule has 5 nitrogen and oxygen atoms in total. The van der Waals surface area contributed by atoms with E-state index in [-0.39, 0.29) is 24.3 Å². The van der Waals surface area contributed by atoms with E-state index in [0.29, 0.717) is 46.0 Å². The number of halogens is 2. The number of rotatable bonds is 3. The molecular formula is C18H22ClFN4O. The van der Waals surface area contributed by atoms with Crippen LogP contribution in [0.15, 0.2) is 12.1 Å². The van der Waals surface area contributed by atoms with Crippen molar-refractivity contribution in [3.8, 4) is 0 Å². The van der Waals surface area contributed by atoms with E-state index in [2.05, 4.69) is 24.1 Å². The lowest BCUT2D eigenvalue weighted by Crippen LogP contribution is -2.54. The summed E-state index contributed by atoms with van der Waals surface area (Å²) < 4.78 is 14.9. The zero-order chi connectivity index (χ0) is 18.3. The van der Waals surface area contributed by atoms with Crippen molar-refractivity contribution >= 4 is 34.1 Å². The van der Waals surface area contributed by atoms with Crippen LogP contribution in [0.4, 0.5) is 10.1 Å². The smallest absolute Gasteiger partial charge is 0.221 e. The topological polar surface area (TPSA) is 71.2 Å². The molecule has 0 saturated carbocycles. The van der Waals surface area contributed by atoms with Gasteiger partial charge in [0, 0.05) is 30.6 Å². The normalized spacial score (nSPS) is 20.9. The first kappa shape index (κ1) is 17.9. The summed E-state index contributed by atoms with van der Waals surface area (Å²) in [5.74, 6) is -0.813. The molecule has 1 aliphatic rings.